The van der Waals surface area contributed by atoms with Crippen LogP contribution < -0.4 is 10.9 Å². The number of aromatic nitrogens is 2. The molecule has 1 aromatic carbocycles. The fourth-order valence-corrected chi connectivity index (χ4v) is 1.85. The highest BCUT2D eigenvalue weighted by Crippen LogP contribution is 2.16. The molecule has 0 spiro atoms. The summed E-state index contributed by atoms with van der Waals surface area (Å²) in [4.78, 5) is 11.9. The first-order valence-corrected chi connectivity index (χ1v) is 6.24. The van der Waals surface area contributed by atoms with E-state index in [0.717, 1.165) is 5.56 Å². The molecule has 0 atom stereocenters. The Morgan fingerprint density at radius 2 is 2.11 bits per heavy atom. The molecule has 0 aliphatic carbocycles. The van der Waals surface area contributed by atoms with Crippen LogP contribution in [0.4, 0.5) is 5.69 Å². The highest BCUT2D eigenvalue weighted by Gasteiger charge is 2.08. The molecule has 0 aliphatic rings. The third-order valence-electron chi connectivity index (χ3n) is 2.61. The van der Waals surface area contributed by atoms with Crippen LogP contribution in [0.25, 0.3) is 0 Å². The standard InChI is InChI=1S/C14H14ClN3O/c1-2-8-18-14(19)13(15)12(10-17-18)16-9-11-6-4-3-5-7-11/h2-7,10,16H,1,8-9H2. The zero-order chi connectivity index (χ0) is 13.7. The van der Waals surface area contributed by atoms with Crippen molar-refractivity contribution in [3.05, 3.63) is 70.1 Å². The number of allylic oxidation sites excluding steroid dienone is 1. The third-order valence-corrected chi connectivity index (χ3v) is 2.98. The first-order valence-electron chi connectivity index (χ1n) is 5.86. The second-order valence-corrected chi connectivity index (χ2v) is 4.37. The van der Waals surface area contributed by atoms with Crippen LogP contribution in [-0.2, 0) is 13.1 Å². The molecule has 19 heavy (non-hydrogen) atoms. The Kier molecular flexibility index (Phi) is 4.36. The Labute approximate surface area is 116 Å². The fraction of sp³-hybridized carbons (Fsp3) is 0.143. The van der Waals surface area contributed by atoms with Crippen molar-refractivity contribution in [2.45, 2.75) is 13.1 Å². The van der Waals surface area contributed by atoms with E-state index in [9.17, 15) is 4.79 Å². The van der Waals surface area contributed by atoms with Crippen LogP contribution in [0.5, 0.6) is 0 Å². The largest absolute Gasteiger partial charge is 0.378 e. The van der Waals surface area contributed by atoms with E-state index in [4.69, 9.17) is 11.6 Å². The van der Waals surface area contributed by atoms with Gasteiger partial charge in [0.05, 0.1) is 18.4 Å². The third kappa shape index (κ3) is 3.23. The van der Waals surface area contributed by atoms with Crippen molar-refractivity contribution in [2.24, 2.45) is 0 Å². The van der Waals surface area contributed by atoms with Crippen LogP contribution in [0.2, 0.25) is 5.02 Å². The summed E-state index contributed by atoms with van der Waals surface area (Å²) >= 11 is 6.03. The van der Waals surface area contributed by atoms with E-state index in [1.165, 1.54) is 4.68 Å². The highest BCUT2D eigenvalue weighted by atomic mass is 35.5. The van der Waals surface area contributed by atoms with Crippen molar-refractivity contribution < 1.29 is 0 Å². The Morgan fingerprint density at radius 3 is 2.79 bits per heavy atom. The maximum absolute atomic E-state index is 11.9. The topological polar surface area (TPSA) is 46.9 Å². The summed E-state index contributed by atoms with van der Waals surface area (Å²) in [5, 5.41) is 7.28. The lowest BCUT2D eigenvalue weighted by atomic mass is 10.2. The number of nitrogens with one attached hydrogen (secondary N) is 1. The number of rotatable bonds is 5. The van der Waals surface area contributed by atoms with Crippen LogP contribution in [-0.4, -0.2) is 9.78 Å². The van der Waals surface area contributed by atoms with Crippen LogP contribution in [0.1, 0.15) is 5.56 Å². The Bertz CT molecular complexity index is 622. The van der Waals surface area contributed by atoms with Crippen LogP contribution >= 0.6 is 11.6 Å². The van der Waals surface area contributed by atoms with Gasteiger partial charge in [0.25, 0.3) is 5.56 Å². The van der Waals surface area contributed by atoms with Crippen LogP contribution in [0.15, 0.2) is 54.0 Å². The lowest BCUT2D eigenvalue weighted by molar-refractivity contribution is 0.653. The van der Waals surface area contributed by atoms with Gasteiger partial charge in [-0.3, -0.25) is 4.79 Å². The molecule has 98 valence electrons. The average molecular weight is 276 g/mol. The van der Waals surface area contributed by atoms with E-state index in [0.29, 0.717) is 18.8 Å². The average Bonchev–Trinajstić information content (AvgIpc) is 2.44. The number of hydrogen-bond donors (Lipinski definition) is 1. The SMILES string of the molecule is C=CCn1ncc(NCc2ccccc2)c(Cl)c1=O. The van der Waals surface area contributed by atoms with Gasteiger partial charge < -0.3 is 5.32 Å². The molecule has 0 saturated carbocycles. The van der Waals surface area contributed by atoms with E-state index in [-0.39, 0.29) is 10.6 Å². The zero-order valence-corrected chi connectivity index (χ0v) is 11.1. The van der Waals surface area contributed by atoms with Gasteiger partial charge in [-0.25, -0.2) is 4.68 Å². The molecule has 5 heteroatoms. The molecule has 0 radical (unpaired) electrons. The molecule has 4 nitrogen and oxygen atoms in total. The van der Waals surface area contributed by atoms with Crippen LogP contribution in [0, 0.1) is 0 Å². The van der Waals surface area contributed by atoms with Gasteiger partial charge in [-0.1, -0.05) is 48.0 Å². The summed E-state index contributed by atoms with van der Waals surface area (Å²) in [7, 11) is 0. The predicted molar refractivity (Wildman–Crippen MR) is 77.5 cm³/mol. The van der Waals surface area contributed by atoms with Gasteiger partial charge in [0, 0.05) is 6.54 Å². The number of benzene rings is 1. The van der Waals surface area contributed by atoms with E-state index < -0.39 is 0 Å². The van der Waals surface area contributed by atoms with E-state index in [1.54, 1.807) is 12.3 Å². The normalized spacial score (nSPS) is 10.2. The van der Waals surface area contributed by atoms with Crippen molar-refractivity contribution >= 4 is 17.3 Å². The monoisotopic (exact) mass is 275 g/mol. The summed E-state index contributed by atoms with van der Waals surface area (Å²) in [5.74, 6) is 0. The minimum atomic E-state index is -0.320. The molecule has 1 N–H and O–H groups in total. The van der Waals surface area contributed by atoms with Gasteiger partial charge in [0.15, 0.2) is 0 Å². The lowest BCUT2D eigenvalue weighted by Gasteiger charge is -2.09. The van der Waals surface area contributed by atoms with Crippen molar-refractivity contribution in [2.75, 3.05) is 5.32 Å². The summed E-state index contributed by atoms with van der Waals surface area (Å²) in [6.07, 6.45) is 3.15. The second-order valence-electron chi connectivity index (χ2n) is 3.99. The van der Waals surface area contributed by atoms with Gasteiger partial charge in [-0.2, -0.15) is 5.10 Å². The number of anilines is 1. The summed E-state index contributed by atoms with van der Waals surface area (Å²) in [6, 6.07) is 9.85. The number of hydrogen-bond acceptors (Lipinski definition) is 3. The molecule has 1 aromatic heterocycles. The summed E-state index contributed by atoms with van der Waals surface area (Å²) < 4.78 is 1.27. The second kappa shape index (κ2) is 6.20. The van der Waals surface area contributed by atoms with E-state index in [2.05, 4.69) is 17.0 Å². The smallest absolute Gasteiger partial charge is 0.287 e. The van der Waals surface area contributed by atoms with E-state index >= 15 is 0 Å². The highest BCUT2D eigenvalue weighted by molar-refractivity contribution is 6.32. The fourth-order valence-electron chi connectivity index (χ4n) is 1.63. The summed E-state index contributed by atoms with van der Waals surface area (Å²) in [6.45, 7) is 4.50. The quantitative estimate of drug-likeness (QED) is 0.854. The first-order chi connectivity index (χ1) is 9.22. The molecule has 0 unspecified atom stereocenters. The predicted octanol–water partition coefficient (Wildman–Crippen LogP) is 2.69. The van der Waals surface area contributed by atoms with E-state index in [1.807, 2.05) is 30.3 Å². The van der Waals surface area contributed by atoms with Crippen molar-refractivity contribution in [1.29, 1.82) is 0 Å². The molecule has 0 saturated heterocycles. The van der Waals surface area contributed by atoms with Crippen molar-refractivity contribution in [3.8, 4) is 0 Å². The van der Waals surface area contributed by atoms with Gasteiger partial charge >= 0.3 is 0 Å². The molecule has 1 heterocycles. The number of halogens is 1. The maximum atomic E-state index is 11.9. The Morgan fingerprint density at radius 1 is 1.37 bits per heavy atom. The Hall–Kier alpha value is -2.07. The van der Waals surface area contributed by atoms with Crippen molar-refractivity contribution in [3.63, 3.8) is 0 Å². The molecule has 0 fully saturated rings. The van der Waals surface area contributed by atoms with Gasteiger partial charge in [-0.15, -0.1) is 6.58 Å². The molecule has 2 aromatic rings. The molecule has 0 amide bonds. The Balaban J connectivity index is 2.16. The lowest BCUT2D eigenvalue weighted by Crippen LogP contribution is -2.23. The minimum absolute atomic E-state index is 0.146. The molecular formula is C14H14ClN3O. The van der Waals surface area contributed by atoms with Gasteiger partial charge in [-0.05, 0) is 5.56 Å². The zero-order valence-electron chi connectivity index (χ0n) is 10.3. The van der Waals surface area contributed by atoms with Gasteiger partial charge in [0.2, 0.25) is 0 Å². The molecule has 0 bridgehead atoms. The maximum Gasteiger partial charge on any atom is 0.287 e. The van der Waals surface area contributed by atoms with Gasteiger partial charge in [0.1, 0.15) is 5.02 Å². The van der Waals surface area contributed by atoms with Crippen LogP contribution in [0.3, 0.4) is 0 Å². The first kappa shape index (κ1) is 13.4. The number of nitrogens with zero attached hydrogens (tertiary/aromatic N) is 2. The molecule has 2 rings (SSSR count). The minimum Gasteiger partial charge on any atom is -0.378 e. The molecule has 0 aliphatic heterocycles. The molecular weight excluding hydrogens is 262 g/mol. The summed E-state index contributed by atoms with van der Waals surface area (Å²) in [5.41, 5.74) is 1.32. The van der Waals surface area contributed by atoms with Crippen molar-refractivity contribution in [1.82, 2.24) is 9.78 Å².